The molecule has 45 heavy (non-hydrogen) atoms. The predicted molar refractivity (Wildman–Crippen MR) is 175 cm³/mol. The number of aliphatic hydroxyl groups is 1. The predicted octanol–water partition coefficient (Wildman–Crippen LogP) is 5.40. The largest absolute Gasteiger partial charge is 0.448 e. The van der Waals surface area contributed by atoms with E-state index in [0.717, 1.165) is 11.1 Å². The lowest BCUT2D eigenvalue weighted by molar-refractivity contribution is -0.154. The molecule has 0 saturated carbocycles. The maximum atomic E-state index is 14.0. The van der Waals surface area contributed by atoms with Gasteiger partial charge in [0.15, 0.2) is 6.29 Å². The molecule has 1 aromatic carbocycles. The molecule has 2 aliphatic heterocycles. The molecule has 252 valence electrons. The summed E-state index contributed by atoms with van der Waals surface area (Å²) in [6.45, 7) is 9.07. The van der Waals surface area contributed by atoms with E-state index in [2.05, 4.69) is 13.8 Å². The number of nitrogens with zero attached hydrogens (tertiary/aromatic N) is 2. The first-order valence-electron chi connectivity index (χ1n) is 15.6. The fourth-order valence-electron chi connectivity index (χ4n) is 5.90. The van der Waals surface area contributed by atoms with Gasteiger partial charge in [-0.3, -0.25) is 9.90 Å². The van der Waals surface area contributed by atoms with Gasteiger partial charge >= 0.3 is 5.97 Å². The van der Waals surface area contributed by atoms with Crippen molar-refractivity contribution in [2.45, 2.75) is 70.6 Å². The topological polar surface area (TPSA) is 89.9 Å². The number of hydrogen-bond donors (Lipinski definition) is 2. The summed E-state index contributed by atoms with van der Waals surface area (Å²) < 4.78 is 38.6. The van der Waals surface area contributed by atoms with Crippen LogP contribution >= 0.6 is 12.6 Å². The first kappa shape index (κ1) is 37.2. The van der Waals surface area contributed by atoms with Gasteiger partial charge in [0.25, 0.3) is 0 Å². The van der Waals surface area contributed by atoms with Gasteiger partial charge in [-0.1, -0.05) is 39.0 Å². The maximum Gasteiger partial charge on any atom is 0.339 e. The van der Waals surface area contributed by atoms with Crippen LogP contribution in [0.2, 0.25) is 0 Å². The third-order valence-corrected chi connectivity index (χ3v) is 8.59. The highest BCUT2D eigenvalue weighted by molar-refractivity contribution is 7.80. The second-order valence-corrected chi connectivity index (χ2v) is 12.9. The number of methoxy groups -OCH3 is 1. The lowest BCUT2D eigenvalue weighted by Gasteiger charge is -2.34. The highest BCUT2D eigenvalue weighted by Gasteiger charge is 2.44. The average Bonchev–Trinajstić information content (AvgIpc) is 3.36. The number of benzene rings is 1. The molecule has 0 radical (unpaired) electrons. The second kappa shape index (κ2) is 18.2. The quantitative estimate of drug-likeness (QED) is 0.0996. The van der Waals surface area contributed by atoms with E-state index in [-0.39, 0.29) is 36.7 Å². The lowest BCUT2D eigenvalue weighted by atomic mass is 9.82. The Morgan fingerprint density at radius 3 is 2.51 bits per heavy atom. The normalized spacial score (nSPS) is 23.5. The third kappa shape index (κ3) is 10.9. The molecule has 1 aromatic rings. The van der Waals surface area contributed by atoms with Gasteiger partial charge in [0.2, 0.25) is 0 Å². The van der Waals surface area contributed by atoms with Gasteiger partial charge in [0.05, 0.1) is 18.2 Å². The number of rotatable bonds is 17. The van der Waals surface area contributed by atoms with Gasteiger partial charge in [0.1, 0.15) is 23.5 Å². The molecule has 0 bridgehead atoms. The number of aliphatic hydroxyl groups excluding tert-OH is 1. The van der Waals surface area contributed by atoms with E-state index in [4.69, 9.17) is 36.4 Å². The van der Waals surface area contributed by atoms with Crippen LogP contribution in [0.3, 0.4) is 0 Å². The van der Waals surface area contributed by atoms with Crippen LogP contribution in [0, 0.1) is 17.8 Å². The Balaban J connectivity index is 1.95. The van der Waals surface area contributed by atoms with E-state index in [1.807, 2.05) is 38.9 Å². The summed E-state index contributed by atoms with van der Waals surface area (Å²) >= 11 is 4.79. The van der Waals surface area contributed by atoms with Crippen molar-refractivity contribution in [3.63, 3.8) is 0 Å². The van der Waals surface area contributed by atoms with E-state index in [1.54, 1.807) is 43.7 Å². The van der Waals surface area contributed by atoms with Crippen LogP contribution in [0.5, 0.6) is 0 Å². The maximum absolute atomic E-state index is 14.0. The van der Waals surface area contributed by atoms with Crippen molar-refractivity contribution in [2.24, 2.45) is 17.8 Å². The van der Waals surface area contributed by atoms with Gasteiger partial charge in [-0.05, 0) is 74.7 Å². The van der Waals surface area contributed by atoms with E-state index >= 15 is 0 Å². The van der Waals surface area contributed by atoms with E-state index in [0.29, 0.717) is 31.6 Å². The van der Waals surface area contributed by atoms with Crippen LogP contribution in [-0.4, -0.2) is 98.6 Å². The molecular formula is C34H51FN2O7S. The number of likely N-dealkylation sites (N-methyl/N-ethyl adjacent to an activating group) is 1. The minimum absolute atomic E-state index is 0.0105. The Hall–Kier alpha value is -2.25. The average molecular weight is 651 g/mol. The highest BCUT2D eigenvalue weighted by atomic mass is 32.1. The first-order chi connectivity index (χ1) is 21.4. The summed E-state index contributed by atoms with van der Waals surface area (Å²) in [6.07, 6.45) is 3.59. The summed E-state index contributed by atoms with van der Waals surface area (Å²) in [5.74, 6) is -0.978. The smallest absolute Gasteiger partial charge is 0.339 e. The summed E-state index contributed by atoms with van der Waals surface area (Å²) in [5, 5.41) is 11.4. The molecule has 1 fully saturated rings. The zero-order valence-corrected chi connectivity index (χ0v) is 28.5. The van der Waals surface area contributed by atoms with Crippen molar-refractivity contribution < 1.29 is 38.1 Å². The van der Waals surface area contributed by atoms with Gasteiger partial charge in [-0.15, -0.1) is 12.6 Å². The van der Waals surface area contributed by atoms with E-state index in [1.165, 1.54) is 11.1 Å². The van der Waals surface area contributed by atoms with Gasteiger partial charge in [0, 0.05) is 45.4 Å². The minimum atomic E-state index is -0.730. The number of carbonyl (C=O) groups is 1. The number of thiol groups is 1. The number of carbonyl (C=O) groups excluding carboxylic acids is 1. The molecule has 11 heteroatoms. The highest BCUT2D eigenvalue weighted by Crippen LogP contribution is 2.39. The molecule has 0 aliphatic carbocycles. The number of ether oxygens (including phenoxy) is 4. The number of halogens is 1. The molecule has 2 heterocycles. The van der Waals surface area contributed by atoms with Crippen LogP contribution in [-0.2, 0) is 23.8 Å². The Labute approximate surface area is 273 Å². The van der Waals surface area contributed by atoms with E-state index < -0.39 is 36.0 Å². The van der Waals surface area contributed by atoms with Crippen LogP contribution in [0.1, 0.15) is 50.9 Å². The van der Waals surface area contributed by atoms with Crippen molar-refractivity contribution >= 4 is 18.6 Å². The third-order valence-electron chi connectivity index (χ3n) is 8.10. The van der Waals surface area contributed by atoms with Crippen molar-refractivity contribution in [3.8, 4) is 0 Å². The first-order valence-corrected chi connectivity index (χ1v) is 16.1. The molecule has 7 atom stereocenters. The number of hydrogen-bond acceptors (Lipinski definition) is 10. The van der Waals surface area contributed by atoms with Crippen molar-refractivity contribution in [2.75, 3.05) is 47.5 Å². The Kier molecular flexibility index (Phi) is 15.0. The molecule has 3 rings (SSSR count). The van der Waals surface area contributed by atoms with Crippen molar-refractivity contribution in [1.29, 1.82) is 0 Å². The van der Waals surface area contributed by atoms with Crippen molar-refractivity contribution in [3.05, 3.63) is 71.2 Å². The zero-order chi connectivity index (χ0) is 33.1. The van der Waals surface area contributed by atoms with Gasteiger partial charge < -0.3 is 29.0 Å². The minimum Gasteiger partial charge on any atom is -0.448 e. The summed E-state index contributed by atoms with van der Waals surface area (Å²) in [5.41, 5.74) is 1.61. The molecule has 0 amide bonds. The summed E-state index contributed by atoms with van der Waals surface area (Å²) in [4.78, 5) is 21.2. The Morgan fingerprint density at radius 2 is 1.91 bits per heavy atom. The molecular weight excluding hydrogens is 599 g/mol. The number of esters is 1. The molecule has 2 aliphatic rings. The Morgan fingerprint density at radius 1 is 1.20 bits per heavy atom. The van der Waals surface area contributed by atoms with E-state index in [9.17, 15) is 14.3 Å². The fourth-order valence-corrected chi connectivity index (χ4v) is 6.41. The van der Waals surface area contributed by atoms with Crippen LogP contribution in [0.4, 0.5) is 4.39 Å². The standard InChI is InChI=1S/C34H51FN2O7S/c1-22(2)31(24(4)28(15-17-38)44-37-16-11-14-26(35)19-37)32-29(41-30(42-32)20-36(5)6)18-27(23(3)21-40-7)34(45)43-33(39)25-12-9-8-10-13-25/h8-14,16,22-23,27-30,32,34,38,45H,15,17-21H2,1-7H3/b31-24+/t23-,27?,28-,29-,30-,32-,34+/m0/s1. The van der Waals surface area contributed by atoms with Crippen LogP contribution in [0.25, 0.3) is 0 Å². The monoisotopic (exact) mass is 650 g/mol. The molecule has 0 aromatic heterocycles. The number of allylic oxidation sites excluding steroid dienone is 2. The molecule has 0 spiro atoms. The molecule has 1 N–H and O–H groups in total. The van der Waals surface area contributed by atoms with Crippen LogP contribution < -0.4 is 0 Å². The Bertz CT molecular complexity index is 1160. The SMILES string of the molecule is COC[C@H](C)C(C[C@@H]1O[C@H](CN(C)C)O[C@@H]1/C(=C(\C)[C@H](CCO)ON1C=CC=C(F)C1)C(C)C)[C@@H](S)OC(=O)c1ccccc1. The van der Waals surface area contributed by atoms with Crippen LogP contribution in [0.15, 0.2) is 65.7 Å². The second-order valence-electron chi connectivity index (χ2n) is 12.3. The van der Waals surface area contributed by atoms with Gasteiger partial charge in [-0.25, -0.2) is 9.18 Å². The molecule has 1 saturated heterocycles. The fraction of sp³-hybridized carbons (Fsp3) is 0.618. The van der Waals surface area contributed by atoms with Gasteiger partial charge in [-0.2, -0.15) is 0 Å². The lowest BCUT2D eigenvalue weighted by Crippen LogP contribution is -2.38. The van der Waals surface area contributed by atoms with Crippen molar-refractivity contribution in [1.82, 2.24) is 9.96 Å². The number of hydroxylamine groups is 2. The zero-order valence-electron chi connectivity index (χ0n) is 27.6. The summed E-state index contributed by atoms with van der Waals surface area (Å²) in [7, 11) is 5.56. The summed E-state index contributed by atoms with van der Waals surface area (Å²) in [6, 6.07) is 8.85. The molecule has 9 nitrogen and oxygen atoms in total. The molecule has 1 unspecified atom stereocenters.